The smallest absolute Gasteiger partial charge is 0.198 e. The molecule has 0 saturated heterocycles. The van der Waals surface area contributed by atoms with Crippen LogP contribution in [0.4, 0.5) is 0 Å². The minimum atomic E-state index is 0.0400. The standard InChI is InChI=1S/C14H19ClO2S/c1-9-3-4-11(7-10(9)2)17-8-12(16)13-5-6-14(15)18-13/h5-6,9-11H,3-4,7-8H2,1-2H3. The Morgan fingerprint density at radius 3 is 2.78 bits per heavy atom. The molecule has 1 aromatic rings. The fourth-order valence-corrected chi connectivity index (χ4v) is 3.35. The summed E-state index contributed by atoms with van der Waals surface area (Å²) in [6.07, 6.45) is 3.59. The van der Waals surface area contributed by atoms with E-state index in [0.717, 1.165) is 18.8 Å². The molecule has 0 bridgehead atoms. The maximum absolute atomic E-state index is 11.9. The van der Waals surface area contributed by atoms with Crippen LogP contribution in [-0.2, 0) is 4.74 Å². The van der Waals surface area contributed by atoms with E-state index < -0.39 is 0 Å². The quantitative estimate of drug-likeness (QED) is 0.766. The van der Waals surface area contributed by atoms with Crippen LogP contribution in [0.3, 0.4) is 0 Å². The molecule has 0 amide bonds. The monoisotopic (exact) mass is 286 g/mol. The number of halogens is 1. The average Bonchev–Trinajstić information content (AvgIpc) is 2.77. The molecule has 0 aromatic carbocycles. The van der Waals surface area contributed by atoms with Crippen LogP contribution in [0.1, 0.15) is 42.8 Å². The van der Waals surface area contributed by atoms with Gasteiger partial charge in [0.05, 0.1) is 15.3 Å². The molecule has 1 fully saturated rings. The minimum Gasteiger partial charge on any atom is -0.370 e. The van der Waals surface area contributed by atoms with Gasteiger partial charge >= 0.3 is 0 Å². The molecule has 0 N–H and O–H groups in total. The molecule has 2 nitrogen and oxygen atoms in total. The van der Waals surface area contributed by atoms with E-state index in [2.05, 4.69) is 13.8 Å². The first-order valence-corrected chi connectivity index (χ1v) is 7.66. The first-order chi connectivity index (χ1) is 8.56. The molecule has 1 aromatic heterocycles. The largest absolute Gasteiger partial charge is 0.370 e. The van der Waals surface area contributed by atoms with Crippen molar-refractivity contribution in [3.8, 4) is 0 Å². The Bertz CT molecular complexity index is 416. The highest BCUT2D eigenvalue weighted by Crippen LogP contribution is 2.31. The zero-order valence-corrected chi connectivity index (χ0v) is 12.4. The number of hydrogen-bond donors (Lipinski definition) is 0. The summed E-state index contributed by atoms with van der Waals surface area (Å²) < 4.78 is 6.39. The fourth-order valence-electron chi connectivity index (χ4n) is 2.38. The molecule has 0 spiro atoms. The van der Waals surface area contributed by atoms with Gasteiger partial charge in [0.1, 0.15) is 6.61 Å². The summed E-state index contributed by atoms with van der Waals surface area (Å²) in [6.45, 7) is 4.74. The summed E-state index contributed by atoms with van der Waals surface area (Å²) in [4.78, 5) is 12.6. The predicted octanol–water partition coefficient (Wildman–Crippen LogP) is 4.43. The van der Waals surface area contributed by atoms with Crippen molar-refractivity contribution in [1.29, 1.82) is 0 Å². The van der Waals surface area contributed by atoms with Crippen LogP contribution >= 0.6 is 22.9 Å². The van der Waals surface area contributed by atoms with E-state index in [1.165, 1.54) is 17.8 Å². The molecular weight excluding hydrogens is 268 g/mol. The summed E-state index contributed by atoms with van der Waals surface area (Å²) in [5.41, 5.74) is 0. The lowest BCUT2D eigenvalue weighted by atomic mass is 9.80. The molecule has 3 unspecified atom stereocenters. The SMILES string of the molecule is CC1CCC(OCC(=O)c2ccc(Cl)s2)CC1C. The van der Waals surface area contributed by atoms with Crippen molar-refractivity contribution in [3.05, 3.63) is 21.3 Å². The summed E-state index contributed by atoms with van der Waals surface area (Å²) in [6, 6.07) is 3.52. The van der Waals surface area contributed by atoms with Crippen LogP contribution in [0.5, 0.6) is 0 Å². The molecule has 1 heterocycles. The highest BCUT2D eigenvalue weighted by atomic mass is 35.5. The van der Waals surface area contributed by atoms with Crippen LogP contribution in [0, 0.1) is 11.8 Å². The maximum Gasteiger partial charge on any atom is 0.198 e. The third kappa shape index (κ3) is 3.56. The number of Topliss-reactive ketones (excluding diaryl/α,β-unsaturated/α-hetero) is 1. The molecule has 0 radical (unpaired) electrons. The highest BCUT2D eigenvalue weighted by molar-refractivity contribution is 7.18. The van der Waals surface area contributed by atoms with Gasteiger partial charge in [-0.2, -0.15) is 0 Å². The van der Waals surface area contributed by atoms with Crippen LogP contribution in [0.15, 0.2) is 12.1 Å². The van der Waals surface area contributed by atoms with Gasteiger partial charge in [0, 0.05) is 0 Å². The van der Waals surface area contributed by atoms with Crippen molar-refractivity contribution in [2.24, 2.45) is 11.8 Å². The van der Waals surface area contributed by atoms with Crippen molar-refractivity contribution in [1.82, 2.24) is 0 Å². The van der Waals surface area contributed by atoms with Gasteiger partial charge < -0.3 is 4.74 Å². The number of rotatable bonds is 4. The molecule has 100 valence electrons. The maximum atomic E-state index is 11.9. The minimum absolute atomic E-state index is 0.0400. The first kappa shape index (κ1) is 14.0. The number of thiophene rings is 1. The van der Waals surface area contributed by atoms with E-state index in [0.29, 0.717) is 15.1 Å². The van der Waals surface area contributed by atoms with Crippen LogP contribution in [0.2, 0.25) is 4.34 Å². The predicted molar refractivity (Wildman–Crippen MR) is 75.6 cm³/mol. The highest BCUT2D eigenvalue weighted by Gasteiger charge is 2.25. The molecule has 1 saturated carbocycles. The summed E-state index contributed by atoms with van der Waals surface area (Å²) >= 11 is 7.13. The fraction of sp³-hybridized carbons (Fsp3) is 0.643. The van der Waals surface area contributed by atoms with E-state index in [-0.39, 0.29) is 18.5 Å². The second-order valence-corrected chi connectivity index (χ2v) is 6.94. The lowest BCUT2D eigenvalue weighted by molar-refractivity contribution is 0.00723. The van der Waals surface area contributed by atoms with Gasteiger partial charge in [-0.15, -0.1) is 11.3 Å². The van der Waals surface area contributed by atoms with Gasteiger partial charge in [-0.05, 0) is 43.2 Å². The number of carbonyl (C=O) groups is 1. The van der Waals surface area contributed by atoms with Gasteiger partial charge in [-0.3, -0.25) is 4.79 Å². The Hall–Kier alpha value is -0.380. The molecule has 2 rings (SSSR count). The van der Waals surface area contributed by atoms with Crippen LogP contribution < -0.4 is 0 Å². The van der Waals surface area contributed by atoms with Gasteiger partial charge in [0.15, 0.2) is 5.78 Å². The van der Waals surface area contributed by atoms with Crippen molar-refractivity contribution in [2.45, 2.75) is 39.2 Å². The van der Waals surface area contributed by atoms with Gasteiger partial charge in [0.2, 0.25) is 0 Å². The van der Waals surface area contributed by atoms with E-state index in [1.807, 2.05) is 0 Å². The molecule has 18 heavy (non-hydrogen) atoms. The molecule has 0 aliphatic heterocycles. The second-order valence-electron chi connectivity index (χ2n) is 5.23. The van der Waals surface area contributed by atoms with Crippen molar-refractivity contribution in [2.75, 3.05) is 6.61 Å². The Morgan fingerprint density at radius 1 is 1.39 bits per heavy atom. The zero-order chi connectivity index (χ0) is 13.1. The summed E-state index contributed by atoms with van der Waals surface area (Å²) in [5, 5.41) is 0. The third-order valence-corrected chi connectivity index (χ3v) is 5.12. The molecular formula is C14H19ClO2S. The Labute approximate surface area is 117 Å². The first-order valence-electron chi connectivity index (χ1n) is 6.46. The lowest BCUT2D eigenvalue weighted by Gasteiger charge is -2.31. The van der Waals surface area contributed by atoms with Gasteiger partial charge in [-0.1, -0.05) is 25.4 Å². The molecule has 3 atom stereocenters. The second kappa shape index (κ2) is 6.18. The third-order valence-electron chi connectivity index (χ3n) is 3.85. The number of carbonyl (C=O) groups excluding carboxylic acids is 1. The average molecular weight is 287 g/mol. The lowest BCUT2D eigenvalue weighted by Crippen LogP contribution is -2.28. The van der Waals surface area contributed by atoms with E-state index in [9.17, 15) is 4.79 Å². The Balaban J connectivity index is 1.80. The van der Waals surface area contributed by atoms with E-state index in [1.54, 1.807) is 12.1 Å². The number of ketones is 1. The normalized spacial score (nSPS) is 28.3. The van der Waals surface area contributed by atoms with Crippen molar-refractivity contribution in [3.63, 3.8) is 0 Å². The molecule has 1 aliphatic carbocycles. The van der Waals surface area contributed by atoms with E-state index in [4.69, 9.17) is 16.3 Å². The van der Waals surface area contributed by atoms with Crippen molar-refractivity contribution >= 4 is 28.7 Å². The van der Waals surface area contributed by atoms with Crippen LogP contribution in [0.25, 0.3) is 0 Å². The topological polar surface area (TPSA) is 26.3 Å². The Kier molecular flexibility index (Phi) is 4.82. The summed E-state index contributed by atoms with van der Waals surface area (Å²) in [7, 11) is 0. The zero-order valence-electron chi connectivity index (χ0n) is 10.8. The molecule has 4 heteroatoms. The Morgan fingerprint density at radius 2 is 2.17 bits per heavy atom. The number of ether oxygens (including phenoxy) is 1. The summed E-state index contributed by atoms with van der Waals surface area (Å²) in [5.74, 6) is 1.50. The van der Waals surface area contributed by atoms with E-state index >= 15 is 0 Å². The van der Waals surface area contributed by atoms with Gasteiger partial charge in [-0.25, -0.2) is 0 Å². The van der Waals surface area contributed by atoms with Crippen LogP contribution in [-0.4, -0.2) is 18.5 Å². The van der Waals surface area contributed by atoms with Gasteiger partial charge in [0.25, 0.3) is 0 Å². The molecule has 1 aliphatic rings. The van der Waals surface area contributed by atoms with Crippen molar-refractivity contribution < 1.29 is 9.53 Å². The number of hydrogen-bond acceptors (Lipinski definition) is 3.